The molecule has 0 aromatic rings. The van der Waals surface area contributed by atoms with E-state index in [-0.39, 0.29) is 5.37 Å². The Labute approximate surface area is 59.8 Å². The van der Waals surface area contributed by atoms with Crippen LogP contribution in [-0.2, 0) is 0 Å². The van der Waals surface area contributed by atoms with E-state index in [1.807, 2.05) is 6.92 Å². The SMILES string of the molecule is CC1CCCN1C(=O)Cl. The number of nitrogens with zero attached hydrogens (tertiary/aromatic N) is 1. The van der Waals surface area contributed by atoms with Gasteiger partial charge in [0.2, 0.25) is 0 Å². The Morgan fingerprint density at radius 1 is 1.78 bits per heavy atom. The zero-order chi connectivity index (χ0) is 6.85. The predicted molar refractivity (Wildman–Crippen MR) is 36.7 cm³/mol. The quantitative estimate of drug-likeness (QED) is 0.378. The summed E-state index contributed by atoms with van der Waals surface area (Å²) in [5, 5.41) is -0.306. The molecular formula is C6H10ClNO. The first-order chi connectivity index (χ1) is 4.22. The molecule has 0 spiro atoms. The molecule has 52 valence electrons. The summed E-state index contributed by atoms with van der Waals surface area (Å²) in [6.45, 7) is 2.86. The summed E-state index contributed by atoms with van der Waals surface area (Å²) in [4.78, 5) is 12.2. The molecule has 2 nitrogen and oxygen atoms in total. The third kappa shape index (κ3) is 1.36. The monoisotopic (exact) mass is 147 g/mol. The van der Waals surface area contributed by atoms with Crippen molar-refractivity contribution in [2.75, 3.05) is 6.54 Å². The van der Waals surface area contributed by atoms with Crippen molar-refractivity contribution in [1.29, 1.82) is 0 Å². The second-order valence-corrected chi connectivity index (χ2v) is 2.76. The van der Waals surface area contributed by atoms with Crippen LogP contribution >= 0.6 is 11.6 Å². The van der Waals surface area contributed by atoms with E-state index in [0.29, 0.717) is 6.04 Å². The van der Waals surface area contributed by atoms with Crippen molar-refractivity contribution in [3.05, 3.63) is 0 Å². The molecule has 0 radical (unpaired) electrons. The fraction of sp³-hybridized carbons (Fsp3) is 0.833. The van der Waals surface area contributed by atoms with Crippen molar-refractivity contribution >= 4 is 17.0 Å². The molecule has 0 N–H and O–H groups in total. The van der Waals surface area contributed by atoms with Crippen LogP contribution in [0.25, 0.3) is 0 Å². The van der Waals surface area contributed by atoms with Gasteiger partial charge in [0, 0.05) is 12.6 Å². The molecule has 0 saturated carbocycles. The van der Waals surface area contributed by atoms with E-state index in [9.17, 15) is 4.79 Å². The number of amides is 1. The highest BCUT2D eigenvalue weighted by Gasteiger charge is 2.22. The largest absolute Gasteiger partial charge is 0.327 e. The lowest BCUT2D eigenvalue weighted by Gasteiger charge is -2.16. The molecule has 1 atom stereocenters. The van der Waals surface area contributed by atoms with Gasteiger partial charge in [-0.15, -0.1) is 0 Å². The van der Waals surface area contributed by atoms with Crippen LogP contribution in [0, 0.1) is 0 Å². The van der Waals surface area contributed by atoms with Crippen molar-refractivity contribution in [3.63, 3.8) is 0 Å². The van der Waals surface area contributed by atoms with E-state index >= 15 is 0 Å². The maximum absolute atomic E-state index is 10.5. The van der Waals surface area contributed by atoms with Gasteiger partial charge in [0.25, 0.3) is 0 Å². The second-order valence-electron chi connectivity index (χ2n) is 2.44. The molecule has 1 heterocycles. The molecule has 0 aromatic carbocycles. The van der Waals surface area contributed by atoms with Crippen LogP contribution in [0.5, 0.6) is 0 Å². The van der Waals surface area contributed by atoms with Gasteiger partial charge in [-0.1, -0.05) is 0 Å². The second kappa shape index (κ2) is 2.56. The van der Waals surface area contributed by atoms with E-state index in [2.05, 4.69) is 0 Å². The van der Waals surface area contributed by atoms with Gasteiger partial charge in [-0.05, 0) is 31.4 Å². The minimum Gasteiger partial charge on any atom is -0.327 e. The minimum atomic E-state index is -0.306. The van der Waals surface area contributed by atoms with Crippen LogP contribution in [0.15, 0.2) is 0 Å². The van der Waals surface area contributed by atoms with Crippen molar-refractivity contribution in [2.24, 2.45) is 0 Å². The summed E-state index contributed by atoms with van der Waals surface area (Å²) in [5.41, 5.74) is 0. The van der Waals surface area contributed by atoms with E-state index in [0.717, 1.165) is 19.4 Å². The van der Waals surface area contributed by atoms with Gasteiger partial charge in [-0.25, -0.2) is 0 Å². The van der Waals surface area contributed by atoms with Gasteiger partial charge in [-0.2, -0.15) is 0 Å². The lowest BCUT2D eigenvalue weighted by Crippen LogP contribution is -2.28. The Balaban J connectivity index is 2.49. The molecule has 1 aliphatic heterocycles. The van der Waals surface area contributed by atoms with Crippen LogP contribution in [0.1, 0.15) is 19.8 Å². The molecule has 1 saturated heterocycles. The zero-order valence-corrected chi connectivity index (χ0v) is 6.19. The standard InChI is InChI=1S/C6H10ClNO/c1-5-3-2-4-8(5)6(7)9/h5H,2-4H2,1H3. The molecule has 9 heavy (non-hydrogen) atoms. The maximum Gasteiger partial charge on any atom is 0.316 e. The van der Waals surface area contributed by atoms with Crippen molar-refractivity contribution < 1.29 is 4.79 Å². The predicted octanol–water partition coefficient (Wildman–Crippen LogP) is 1.83. The first kappa shape index (κ1) is 6.87. The van der Waals surface area contributed by atoms with E-state index in [1.165, 1.54) is 0 Å². The average Bonchev–Trinajstić information content (AvgIpc) is 2.13. The molecule has 1 fully saturated rings. The Hall–Kier alpha value is -0.240. The van der Waals surface area contributed by atoms with E-state index in [1.54, 1.807) is 4.90 Å². The Kier molecular flexibility index (Phi) is 1.96. The number of halogens is 1. The van der Waals surface area contributed by atoms with Crippen molar-refractivity contribution in [1.82, 2.24) is 4.90 Å². The Bertz CT molecular complexity index is 126. The zero-order valence-electron chi connectivity index (χ0n) is 5.43. The third-order valence-corrected chi connectivity index (χ3v) is 2.00. The highest BCUT2D eigenvalue weighted by molar-refractivity contribution is 6.62. The lowest BCUT2D eigenvalue weighted by atomic mass is 10.2. The van der Waals surface area contributed by atoms with Crippen molar-refractivity contribution in [3.8, 4) is 0 Å². The van der Waals surface area contributed by atoms with Gasteiger partial charge >= 0.3 is 5.37 Å². The number of hydrogen-bond donors (Lipinski definition) is 0. The highest BCUT2D eigenvalue weighted by Crippen LogP contribution is 2.17. The minimum absolute atomic E-state index is 0.306. The van der Waals surface area contributed by atoms with Crippen LogP contribution in [-0.4, -0.2) is 22.9 Å². The van der Waals surface area contributed by atoms with Crippen LogP contribution in [0.2, 0.25) is 0 Å². The van der Waals surface area contributed by atoms with Crippen LogP contribution in [0.3, 0.4) is 0 Å². The summed E-state index contributed by atoms with van der Waals surface area (Å²) in [5.74, 6) is 0. The smallest absolute Gasteiger partial charge is 0.316 e. The summed E-state index contributed by atoms with van der Waals surface area (Å²) in [6, 6.07) is 0.356. The number of rotatable bonds is 0. The first-order valence-electron chi connectivity index (χ1n) is 3.18. The van der Waals surface area contributed by atoms with E-state index in [4.69, 9.17) is 11.6 Å². The van der Waals surface area contributed by atoms with Gasteiger partial charge in [-0.3, -0.25) is 4.79 Å². The van der Waals surface area contributed by atoms with Gasteiger partial charge in [0.05, 0.1) is 0 Å². The average molecular weight is 148 g/mol. The lowest BCUT2D eigenvalue weighted by molar-refractivity contribution is 0.220. The number of carbonyl (C=O) groups is 1. The van der Waals surface area contributed by atoms with Crippen molar-refractivity contribution in [2.45, 2.75) is 25.8 Å². The topological polar surface area (TPSA) is 20.3 Å². The van der Waals surface area contributed by atoms with E-state index < -0.39 is 0 Å². The molecule has 0 aromatic heterocycles. The molecule has 1 unspecified atom stereocenters. The van der Waals surface area contributed by atoms with Crippen LogP contribution < -0.4 is 0 Å². The molecular weight excluding hydrogens is 138 g/mol. The first-order valence-corrected chi connectivity index (χ1v) is 3.55. The van der Waals surface area contributed by atoms with Gasteiger partial charge in [0.1, 0.15) is 0 Å². The number of likely N-dealkylation sites (tertiary alicyclic amines) is 1. The van der Waals surface area contributed by atoms with Gasteiger partial charge in [0.15, 0.2) is 0 Å². The Morgan fingerprint density at radius 3 is 2.67 bits per heavy atom. The third-order valence-electron chi connectivity index (χ3n) is 1.78. The summed E-state index contributed by atoms with van der Waals surface area (Å²) in [6.07, 6.45) is 2.19. The molecule has 1 amide bonds. The molecule has 0 bridgehead atoms. The van der Waals surface area contributed by atoms with Gasteiger partial charge < -0.3 is 4.90 Å². The normalized spacial score (nSPS) is 26.9. The molecule has 0 aliphatic carbocycles. The number of hydrogen-bond acceptors (Lipinski definition) is 1. The van der Waals surface area contributed by atoms with Crippen LogP contribution in [0.4, 0.5) is 4.79 Å². The summed E-state index contributed by atoms with van der Waals surface area (Å²) < 4.78 is 0. The highest BCUT2D eigenvalue weighted by atomic mass is 35.5. The molecule has 1 aliphatic rings. The number of carbonyl (C=O) groups excluding carboxylic acids is 1. The summed E-state index contributed by atoms with van der Waals surface area (Å²) in [7, 11) is 0. The Morgan fingerprint density at radius 2 is 2.44 bits per heavy atom. The molecule has 1 rings (SSSR count). The fourth-order valence-corrected chi connectivity index (χ4v) is 1.45. The summed E-state index contributed by atoms with van der Waals surface area (Å²) >= 11 is 5.27. The maximum atomic E-state index is 10.5. The fourth-order valence-electron chi connectivity index (χ4n) is 1.19. The molecule has 3 heteroatoms.